The molecule has 0 unspecified atom stereocenters. The number of benzene rings is 3. The number of carbonyl (C=O) groups excluding carboxylic acids is 1. The Balaban J connectivity index is 1.72. The van der Waals surface area contributed by atoms with E-state index in [0.717, 1.165) is 15.4 Å². The van der Waals surface area contributed by atoms with Gasteiger partial charge in [-0.15, -0.1) is 0 Å². The normalized spacial score (nSPS) is 14.1. The molecule has 0 saturated heterocycles. The summed E-state index contributed by atoms with van der Waals surface area (Å²) in [7, 11) is -3.89. The van der Waals surface area contributed by atoms with Crippen molar-refractivity contribution in [3.05, 3.63) is 78.1 Å². The van der Waals surface area contributed by atoms with Gasteiger partial charge in [-0.1, -0.05) is 29.8 Å². The second kappa shape index (κ2) is 6.76. The van der Waals surface area contributed by atoms with E-state index in [0.29, 0.717) is 16.9 Å². The minimum absolute atomic E-state index is 0.169. The van der Waals surface area contributed by atoms with Gasteiger partial charge < -0.3 is 5.32 Å². The average Bonchev–Trinajstić information content (AvgIpc) is 2.67. The molecule has 1 aliphatic heterocycles. The van der Waals surface area contributed by atoms with E-state index >= 15 is 0 Å². The molecule has 5 nitrogen and oxygen atoms in total. The number of sulfonamides is 1. The minimum atomic E-state index is -3.89. The highest BCUT2D eigenvalue weighted by atomic mass is 32.2. The maximum absolute atomic E-state index is 13.2. The van der Waals surface area contributed by atoms with Crippen molar-refractivity contribution in [1.29, 1.82) is 0 Å². The first-order chi connectivity index (χ1) is 13.4. The lowest BCUT2D eigenvalue weighted by Gasteiger charge is -2.31. The molecule has 0 bridgehead atoms. The number of hydrogen-bond donors (Lipinski definition) is 1. The largest absolute Gasteiger partial charge is 0.325 e. The first-order valence-corrected chi connectivity index (χ1v) is 10.1. The smallest absolute Gasteiger partial charge is 0.265 e. The van der Waals surface area contributed by atoms with Crippen molar-refractivity contribution in [3.63, 3.8) is 0 Å². The van der Waals surface area contributed by atoms with Crippen LogP contribution < -0.4 is 9.62 Å². The number of nitrogens with zero attached hydrogens (tertiary/aromatic N) is 1. The van der Waals surface area contributed by atoms with E-state index in [2.05, 4.69) is 5.32 Å². The lowest BCUT2D eigenvalue weighted by molar-refractivity contribution is -0.114. The number of amides is 1. The van der Waals surface area contributed by atoms with Crippen LogP contribution in [0.4, 0.5) is 15.8 Å². The molecule has 0 spiro atoms. The molecule has 0 aliphatic carbocycles. The van der Waals surface area contributed by atoms with Crippen LogP contribution in [-0.2, 0) is 14.8 Å². The molecular weight excluding hydrogens is 379 g/mol. The van der Waals surface area contributed by atoms with Gasteiger partial charge in [-0.25, -0.2) is 12.8 Å². The van der Waals surface area contributed by atoms with E-state index in [4.69, 9.17) is 0 Å². The van der Waals surface area contributed by atoms with Crippen molar-refractivity contribution in [2.24, 2.45) is 0 Å². The maximum atomic E-state index is 13.2. The molecule has 1 amide bonds. The van der Waals surface area contributed by atoms with Crippen LogP contribution in [0.1, 0.15) is 5.56 Å². The fourth-order valence-electron chi connectivity index (χ4n) is 3.28. The second-order valence-electron chi connectivity index (χ2n) is 6.58. The molecule has 7 heteroatoms. The van der Waals surface area contributed by atoms with Gasteiger partial charge in [-0.2, -0.15) is 0 Å². The van der Waals surface area contributed by atoms with Crippen LogP contribution >= 0.6 is 0 Å². The van der Waals surface area contributed by atoms with Crippen molar-refractivity contribution >= 4 is 27.3 Å². The van der Waals surface area contributed by atoms with Crippen molar-refractivity contribution in [3.8, 4) is 11.1 Å². The average molecular weight is 396 g/mol. The van der Waals surface area contributed by atoms with Crippen molar-refractivity contribution < 1.29 is 17.6 Å². The molecule has 3 aromatic rings. The van der Waals surface area contributed by atoms with E-state index in [-0.39, 0.29) is 11.4 Å². The summed E-state index contributed by atoms with van der Waals surface area (Å²) >= 11 is 0. The van der Waals surface area contributed by atoms with Crippen molar-refractivity contribution in [2.45, 2.75) is 11.8 Å². The number of fused-ring (bicyclic) bond motifs is 3. The Bertz CT molecular complexity index is 1170. The summed E-state index contributed by atoms with van der Waals surface area (Å²) in [5.74, 6) is -0.932. The number of nitrogens with one attached hydrogen (secondary N) is 1. The van der Waals surface area contributed by atoms with E-state index < -0.39 is 21.7 Å². The molecule has 1 N–H and O–H groups in total. The molecule has 0 saturated carbocycles. The molecule has 4 rings (SSSR count). The minimum Gasteiger partial charge on any atom is -0.325 e. The third-order valence-electron chi connectivity index (χ3n) is 4.58. The van der Waals surface area contributed by atoms with Gasteiger partial charge in [0.05, 0.1) is 10.6 Å². The van der Waals surface area contributed by atoms with Crippen LogP contribution in [0.25, 0.3) is 11.1 Å². The zero-order valence-corrected chi connectivity index (χ0v) is 15.8. The van der Waals surface area contributed by atoms with Crippen LogP contribution in [0, 0.1) is 12.7 Å². The van der Waals surface area contributed by atoms with Gasteiger partial charge in [0.1, 0.15) is 12.4 Å². The van der Waals surface area contributed by atoms with Crippen molar-refractivity contribution in [1.82, 2.24) is 0 Å². The maximum Gasteiger partial charge on any atom is 0.265 e. The van der Waals surface area contributed by atoms with E-state index in [9.17, 15) is 17.6 Å². The van der Waals surface area contributed by atoms with Gasteiger partial charge >= 0.3 is 0 Å². The monoisotopic (exact) mass is 396 g/mol. The number of rotatable bonds is 3. The van der Waals surface area contributed by atoms with Crippen LogP contribution in [0.2, 0.25) is 0 Å². The summed E-state index contributed by atoms with van der Waals surface area (Å²) in [4.78, 5) is 12.7. The van der Waals surface area contributed by atoms with Crippen LogP contribution in [-0.4, -0.2) is 20.9 Å². The first-order valence-electron chi connectivity index (χ1n) is 8.64. The summed E-state index contributed by atoms with van der Waals surface area (Å²) in [6, 6.07) is 17.5. The highest BCUT2D eigenvalue weighted by Crippen LogP contribution is 2.43. The third kappa shape index (κ3) is 3.14. The Hall–Kier alpha value is -3.19. The molecule has 0 fully saturated rings. The van der Waals surface area contributed by atoms with Gasteiger partial charge in [0.25, 0.3) is 10.0 Å². The summed E-state index contributed by atoms with van der Waals surface area (Å²) in [6.07, 6.45) is 0. The van der Waals surface area contributed by atoms with Gasteiger partial charge in [0, 0.05) is 16.8 Å². The first kappa shape index (κ1) is 18.2. The van der Waals surface area contributed by atoms with Gasteiger partial charge in [0.15, 0.2) is 0 Å². The molecule has 3 aromatic carbocycles. The van der Waals surface area contributed by atoms with Crippen molar-refractivity contribution in [2.75, 3.05) is 16.2 Å². The number of aryl methyl sites for hydroxylation is 1. The molecule has 0 aromatic heterocycles. The van der Waals surface area contributed by atoms with E-state index in [1.165, 1.54) is 24.3 Å². The summed E-state index contributed by atoms with van der Waals surface area (Å²) < 4.78 is 40.5. The Morgan fingerprint density at radius 3 is 2.46 bits per heavy atom. The standard InChI is InChI=1S/C21H17FN2O3S/c1-14-6-11-19-18(12-14)17-4-2-3-5-20(17)28(26,27)24(19)13-21(25)23-16-9-7-15(22)8-10-16/h2-12H,13H2,1H3,(H,23,25). The number of carbonyl (C=O) groups is 1. The van der Waals surface area contributed by atoms with Crippen LogP contribution in [0.3, 0.4) is 0 Å². The zero-order valence-electron chi connectivity index (χ0n) is 15.0. The van der Waals surface area contributed by atoms with Crippen LogP contribution in [0.15, 0.2) is 71.6 Å². The van der Waals surface area contributed by atoms with Gasteiger partial charge in [-0.3, -0.25) is 9.10 Å². The lowest BCUT2D eigenvalue weighted by atomic mass is 10.0. The Morgan fingerprint density at radius 1 is 1.00 bits per heavy atom. The molecule has 0 radical (unpaired) electrons. The number of hydrogen-bond acceptors (Lipinski definition) is 3. The summed E-state index contributed by atoms with van der Waals surface area (Å²) in [5, 5.41) is 2.61. The molecule has 28 heavy (non-hydrogen) atoms. The third-order valence-corrected chi connectivity index (χ3v) is 6.40. The summed E-state index contributed by atoms with van der Waals surface area (Å²) in [5.41, 5.74) is 3.23. The van der Waals surface area contributed by atoms with Crippen LogP contribution in [0.5, 0.6) is 0 Å². The molecule has 142 valence electrons. The van der Waals surface area contributed by atoms with E-state index in [1.807, 2.05) is 19.1 Å². The SMILES string of the molecule is Cc1ccc2c(c1)-c1ccccc1S(=O)(=O)N2CC(=O)Nc1ccc(F)cc1. The van der Waals surface area contributed by atoms with Gasteiger partial charge in [-0.05, 0) is 49.4 Å². The fourth-order valence-corrected chi connectivity index (χ4v) is 4.93. The Morgan fingerprint density at radius 2 is 1.71 bits per heavy atom. The highest BCUT2D eigenvalue weighted by molar-refractivity contribution is 7.93. The molecule has 1 heterocycles. The Kier molecular flexibility index (Phi) is 4.39. The fraction of sp³-hybridized carbons (Fsp3) is 0.0952. The zero-order chi connectivity index (χ0) is 19.9. The van der Waals surface area contributed by atoms with Gasteiger partial charge in [0.2, 0.25) is 5.91 Å². The summed E-state index contributed by atoms with van der Waals surface area (Å²) in [6.45, 7) is 1.54. The number of anilines is 2. The highest BCUT2D eigenvalue weighted by Gasteiger charge is 2.35. The second-order valence-corrected chi connectivity index (χ2v) is 8.41. The lowest BCUT2D eigenvalue weighted by Crippen LogP contribution is -2.40. The molecular formula is C21H17FN2O3S. The predicted molar refractivity (Wildman–Crippen MR) is 106 cm³/mol. The van der Waals surface area contributed by atoms with E-state index in [1.54, 1.807) is 30.3 Å². The predicted octanol–water partition coefficient (Wildman–Crippen LogP) is 3.95. The molecule has 0 atom stereocenters. The quantitative estimate of drug-likeness (QED) is 0.729. The number of halogens is 1. The molecule has 1 aliphatic rings. The Labute approximate surface area is 162 Å². The topological polar surface area (TPSA) is 66.5 Å².